The lowest BCUT2D eigenvalue weighted by Crippen LogP contribution is -2.23. The molecule has 3 nitrogen and oxygen atoms in total. The monoisotopic (exact) mass is 293 g/mol. The minimum Gasteiger partial charge on any atom is -0.496 e. The van der Waals surface area contributed by atoms with Gasteiger partial charge in [-0.3, -0.25) is 4.79 Å². The van der Waals surface area contributed by atoms with Crippen molar-refractivity contribution in [2.75, 3.05) is 7.11 Å². The predicted molar refractivity (Wildman–Crippen MR) is 75.6 cm³/mol. The molecule has 0 saturated carbocycles. The summed E-state index contributed by atoms with van der Waals surface area (Å²) < 4.78 is 18.6. The number of ether oxygens (including phenoxy) is 1. The maximum atomic E-state index is 13.4. The molecular weight excluding hydrogens is 281 g/mol. The van der Waals surface area contributed by atoms with Crippen molar-refractivity contribution in [2.24, 2.45) is 0 Å². The average molecular weight is 294 g/mol. The van der Waals surface area contributed by atoms with Crippen molar-refractivity contribution in [3.8, 4) is 5.75 Å². The van der Waals surface area contributed by atoms with Crippen LogP contribution in [-0.2, 0) is 6.54 Å². The molecule has 0 heterocycles. The third-order valence-corrected chi connectivity index (χ3v) is 3.04. The first-order valence-electron chi connectivity index (χ1n) is 5.97. The molecule has 0 radical (unpaired) electrons. The van der Waals surface area contributed by atoms with Crippen molar-refractivity contribution in [3.05, 3.63) is 64.4 Å². The van der Waals surface area contributed by atoms with Crippen LogP contribution in [0, 0.1) is 5.82 Å². The lowest BCUT2D eigenvalue weighted by atomic mass is 10.1. The van der Waals surface area contributed by atoms with Crippen LogP contribution in [0.2, 0.25) is 5.02 Å². The summed E-state index contributed by atoms with van der Waals surface area (Å²) in [5.74, 6) is -0.318. The Hall–Kier alpha value is -2.07. The van der Waals surface area contributed by atoms with E-state index in [0.29, 0.717) is 21.9 Å². The van der Waals surface area contributed by atoms with E-state index in [1.165, 1.54) is 13.2 Å². The van der Waals surface area contributed by atoms with E-state index >= 15 is 0 Å². The SMILES string of the molecule is COc1cc(Cl)ccc1C(=O)NCc1ccccc1F. The van der Waals surface area contributed by atoms with Crippen LogP contribution in [-0.4, -0.2) is 13.0 Å². The van der Waals surface area contributed by atoms with Crippen LogP contribution in [0.1, 0.15) is 15.9 Å². The van der Waals surface area contributed by atoms with Gasteiger partial charge in [0, 0.05) is 17.1 Å². The predicted octanol–water partition coefficient (Wildman–Crippen LogP) is 3.42. The smallest absolute Gasteiger partial charge is 0.255 e. The molecule has 2 aromatic carbocycles. The minimum absolute atomic E-state index is 0.108. The third kappa shape index (κ3) is 3.27. The number of hydrogen-bond donors (Lipinski definition) is 1. The van der Waals surface area contributed by atoms with E-state index in [1.54, 1.807) is 36.4 Å². The molecule has 104 valence electrons. The Morgan fingerprint density at radius 3 is 2.75 bits per heavy atom. The molecule has 1 N–H and O–H groups in total. The van der Waals surface area contributed by atoms with Crippen LogP contribution >= 0.6 is 11.6 Å². The van der Waals surface area contributed by atoms with Crippen LogP contribution in [0.4, 0.5) is 4.39 Å². The summed E-state index contributed by atoms with van der Waals surface area (Å²) in [5.41, 5.74) is 0.780. The van der Waals surface area contributed by atoms with E-state index in [9.17, 15) is 9.18 Å². The molecule has 20 heavy (non-hydrogen) atoms. The third-order valence-electron chi connectivity index (χ3n) is 2.81. The number of amides is 1. The van der Waals surface area contributed by atoms with Gasteiger partial charge in [-0.1, -0.05) is 29.8 Å². The highest BCUT2D eigenvalue weighted by atomic mass is 35.5. The second kappa shape index (κ2) is 6.39. The topological polar surface area (TPSA) is 38.3 Å². The summed E-state index contributed by atoms with van der Waals surface area (Å²) in [6.45, 7) is 0.108. The highest BCUT2D eigenvalue weighted by Crippen LogP contribution is 2.23. The van der Waals surface area contributed by atoms with Gasteiger partial charge in [0.05, 0.1) is 12.7 Å². The number of nitrogens with one attached hydrogen (secondary N) is 1. The number of methoxy groups -OCH3 is 1. The van der Waals surface area contributed by atoms with E-state index in [4.69, 9.17) is 16.3 Å². The number of hydrogen-bond acceptors (Lipinski definition) is 2. The Kier molecular flexibility index (Phi) is 4.58. The Bertz CT molecular complexity index is 631. The van der Waals surface area contributed by atoms with Gasteiger partial charge in [-0.05, 0) is 24.3 Å². The van der Waals surface area contributed by atoms with Gasteiger partial charge in [0.15, 0.2) is 0 Å². The zero-order valence-electron chi connectivity index (χ0n) is 10.8. The summed E-state index contributed by atoms with van der Waals surface area (Å²) in [7, 11) is 1.46. The lowest BCUT2D eigenvalue weighted by molar-refractivity contribution is 0.0947. The van der Waals surface area contributed by atoms with Gasteiger partial charge in [0.1, 0.15) is 11.6 Å². The zero-order valence-corrected chi connectivity index (χ0v) is 11.6. The Balaban J connectivity index is 2.11. The van der Waals surface area contributed by atoms with Crippen LogP contribution in [0.5, 0.6) is 5.75 Å². The van der Waals surface area contributed by atoms with E-state index in [1.807, 2.05) is 0 Å². The van der Waals surface area contributed by atoms with Crippen LogP contribution in [0.15, 0.2) is 42.5 Å². The van der Waals surface area contributed by atoms with E-state index < -0.39 is 0 Å². The molecule has 0 aromatic heterocycles. The molecule has 1 amide bonds. The molecule has 0 aliphatic heterocycles. The standard InChI is InChI=1S/C15H13ClFNO2/c1-20-14-8-11(16)6-7-12(14)15(19)18-9-10-4-2-3-5-13(10)17/h2-8H,9H2,1H3,(H,18,19). The maximum absolute atomic E-state index is 13.4. The highest BCUT2D eigenvalue weighted by Gasteiger charge is 2.13. The number of halogens is 2. The molecule has 2 aromatic rings. The first-order valence-corrected chi connectivity index (χ1v) is 6.34. The molecular formula is C15H13ClFNO2. The average Bonchev–Trinajstić information content (AvgIpc) is 2.46. The van der Waals surface area contributed by atoms with E-state index in [2.05, 4.69) is 5.32 Å². The van der Waals surface area contributed by atoms with Crippen LogP contribution in [0.25, 0.3) is 0 Å². The van der Waals surface area contributed by atoms with Gasteiger partial charge in [0.25, 0.3) is 5.91 Å². The molecule has 0 aliphatic carbocycles. The fraction of sp³-hybridized carbons (Fsp3) is 0.133. The van der Waals surface area contributed by atoms with Crippen molar-refractivity contribution in [1.29, 1.82) is 0 Å². The summed E-state index contributed by atoms with van der Waals surface area (Å²) >= 11 is 5.83. The summed E-state index contributed by atoms with van der Waals surface area (Å²) in [6.07, 6.45) is 0. The van der Waals surface area contributed by atoms with E-state index in [0.717, 1.165) is 0 Å². The Labute approximate surface area is 121 Å². The van der Waals surface area contributed by atoms with Crippen molar-refractivity contribution in [2.45, 2.75) is 6.54 Å². The summed E-state index contributed by atoms with van der Waals surface area (Å²) in [6, 6.07) is 11.0. The Morgan fingerprint density at radius 1 is 1.30 bits per heavy atom. The largest absolute Gasteiger partial charge is 0.496 e. The fourth-order valence-corrected chi connectivity index (χ4v) is 1.93. The zero-order chi connectivity index (χ0) is 14.5. The van der Waals surface area contributed by atoms with Gasteiger partial charge in [-0.25, -0.2) is 4.39 Å². The Morgan fingerprint density at radius 2 is 2.05 bits per heavy atom. The molecule has 2 rings (SSSR count). The van der Waals surface area contributed by atoms with E-state index in [-0.39, 0.29) is 18.3 Å². The second-order valence-electron chi connectivity index (χ2n) is 4.12. The molecule has 0 unspecified atom stereocenters. The lowest BCUT2D eigenvalue weighted by Gasteiger charge is -2.10. The molecule has 0 fully saturated rings. The van der Waals surface area contributed by atoms with Gasteiger partial charge in [-0.2, -0.15) is 0 Å². The summed E-state index contributed by atoms with van der Waals surface area (Å²) in [4.78, 5) is 12.1. The first kappa shape index (κ1) is 14.3. The number of rotatable bonds is 4. The number of carbonyl (C=O) groups excluding carboxylic acids is 1. The van der Waals surface area contributed by atoms with Crippen LogP contribution in [0.3, 0.4) is 0 Å². The van der Waals surface area contributed by atoms with Crippen molar-refractivity contribution in [3.63, 3.8) is 0 Å². The molecule has 0 atom stereocenters. The van der Waals surface area contributed by atoms with Crippen LogP contribution < -0.4 is 10.1 Å². The van der Waals surface area contributed by atoms with Crippen molar-refractivity contribution >= 4 is 17.5 Å². The highest BCUT2D eigenvalue weighted by molar-refractivity contribution is 6.30. The van der Waals surface area contributed by atoms with Gasteiger partial charge in [0.2, 0.25) is 0 Å². The fourth-order valence-electron chi connectivity index (χ4n) is 1.77. The minimum atomic E-state index is -0.351. The van der Waals surface area contributed by atoms with Crippen molar-refractivity contribution < 1.29 is 13.9 Å². The first-order chi connectivity index (χ1) is 9.61. The number of benzene rings is 2. The number of carbonyl (C=O) groups is 1. The van der Waals surface area contributed by atoms with Gasteiger partial charge in [-0.15, -0.1) is 0 Å². The summed E-state index contributed by atoms with van der Waals surface area (Å²) in [5, 5.41) is 3.13. The molecule has 0 bridgehead atoms. The molecule has 0 saturated heterocycles. The quantitative estimate of drug-likeness (QED) is 0.938. The van der Waals surface area contributed by atoms with Crippen molar-refractivity contribution in [1.82, 2.24) is 5.32 Å². The second-order valence-corrected chi connectivity index (χ2v) is 4.56. The van der Waals surface area contributed by atoms with Gasteiger partial charge >= 0.3 is 0 Å². The normalized spacial score (nSPS) is 10.2. The maximum Gasteiger partial charge on any atom is 0.255 e. The molecule has 5 heteroatoms. The van der Waals surface area contributed by atoms with Gasteiger partial charge < -0.3 is 10.1 Å². The molecule has 0 spiro atoms. The molecule has 0 aliphatic rings.